The van der Waals surface area contributed by atoms with Gasteiger partial charge in [-0.05, 0) is 12.1 Å². The Morgan fingerprint density at radius 3 is 2.53 bits per heavy atom. The van der Waals surface area contributed by atoms with Crippen LogP contribution in [0.25, 0.3) is 11.0 Å². The molecule has 4 nitrogen and oxygen atoms in total. The lowest BCUT2D eigenvalue weighted by Crippen LogP contribution is -2.28. The lowest BCUT2D eigenvalue weighted by molar-refractivity contribution is -0.0888. The van der Waals surface area contributed by atoms with Gasteiger partial charge in [0.15, 0.2) is 5.56 Å². The number of fused-ring (bicyclic) bond motifs is 1. The molecule has 1 aromatic carbocycles. The van der Waals surface area contributed by atoms with E-state index in [4.69, 9.17) is 7.85 Å². The minimum Gasteiger partial charge on any atom is -0.506 e. The summed E-state index contributed by atoms with van der Waals surface area (Å²) in [5, 5.41) is 9.43. The highest BCUT2D eigenvalue weighted by Crippen LogP contribution is 2.30. The average Bonchev–Trinajstić information content (AvgIpc) is 2.26. The van der Waals surface area contributed by atoms with Crippen LogP contribution in [-0.4, -0.2) is 24.9 Å². The maximum atomic E-state index is 12.3. The number of carbonyl (C=O) groups is 1. The third-order valence-corrected chi connectivity index (χ3v) is 2.39. The second kappa shape index (κ2) is 4.15. The molecule has 0 atom stereocenters. The summed E-state index contributed by atoms with van der Waals surface area (Å²) in [6.45, 7) is 0. The van der Waals surface area contributed by atoms with Gasteiger partial charge in [0.1, 0.15) is 19.2 Å². The van der Waals surface area contributed by atoms with E-state index >= 15 is 0 Å². The van der Waals surface area contributed by atoms with E-state index in [1.54, 1.807) is 0 Å². The molecule has 0 spiro atoms. The van der Waals surface area contributed by atoms with Crippen molar-refractivity contribution < 1.29 is 27.5 Å². The lowest BCUT2D eigenvalue weighted by atomic mass is 9.95. The molecule has 0 bridgehead atoms. The largest absolute Gasteiger partial charge is 0.506 e. The highest BCUT2D eigenvalue weighted by atomic mass is 19.4. The first-order chi connectivity index (χ1) is 8.71. The maximum Gasteiger partial charge on any atom is 0.455 e. The zero-order valence-corrected chi connectivity index (χ0v) is 9.12. The maximum absolute atomic E-state index is 12.3. The van der Waals surface area contributed by atoms with Gasteiger partial charge in [-0.2, -0.15) is 13.2 Å². The monoisotopic (exact) mass is 268 g/mol. The summed E-state index contributed by atoms with van der Waals surface area (Å²) < 4.78 is 41.4. The van der Waals surface area contributed by atoms with Crippen LogP contribution in [0.4, 0.5) is 13.2 Å². The van der Waals surface area contributed by atoms with Crippen molar-refractivity contribution in [1.82, 2.24) is 0 Å². The molecule has 0 aliphatic heterocycles. The van der Waals surface area contributed by atoms with E-state index in [0.717, 1.165) is 12.1 Å². The second-order valence-electron chi connectivity index (χ2n) is 3.70. The SMILES string of the molecule is [B]c1ccc2c(O)c(C(=O)C(F)(F)F)c(=O)oc2c1. The van der Waals surface area contributed by atoms with E-state index in [1.165, 1.54) is 6.07 Å². The van der Waals surface area contributed by atoms with Crippen LogP contribution >= 0.6 is 0 Å². The Morgan fingerprint density at radius 2 is 1.95 bits per heavy atom. The van der Waals surface area contributed by atoms with Gasteiger partial charge >= 0.3 is 11.8 Å². The minimum absolute atomic E-state index is 0.185. The molecule has 19 heavy (non-hydrogen) atoms. The third kappa shape index (κ3) is 2.21. The number of hydrogen-bond donors (Lipinski definition) is 1. The first-order valence-corrected chi connectivity index (χ1v) is 4.88. The molecule has 1 aromatic heterocycles. The molecular weight excluding hydrogens is 264 g/mol. The number of ketones is 1. The van der Waals surface area contributed by atoms with Crippen LogP contribution in [0.1, 0.15) is 10.4 Å². The smallest absolute Gasteiger partial charge is 0.455 e. The predicted octanol–water partition coefficient (Wildman–Crippen LogP) is 1.04. The number of rotatable bonds is 1. The van der Waals surface area contributed by atoms with Crippen molar-refractivity contribution in [1.29, 1.82) is 0 Å². The number of Topliss-reactive ketones (excluding diaryl/α,β-unsaturated/α-hetero) is 1. The van der Waals surface area contributed by atoms with Gasteiger partial charge in [-0.3, -0.25) is 4.79 Å². The zero-order chi connectivity index (χ0) is 14.4. The van der Waals surface area contributed by atoms with Crippen molar-refractivity contribution in [2.75, 3.05) is 0 Å². The van der Waals surface area contributed by atoms with Crippen LogP contribution < -0.4 is 11.1 Å². The van der Waals surface area contributed by atoms with Crippen molar-refractivity contribution in [3.05, 3.63) is 34.2 Å². The van der Waals surface area contributed by atoms with Crippen molar-refractivity contribution in [2.45, 2.75) is 6.18 Å². The Bertz CT molecular complexity index is 733. The van der Waals surface area contributed by atoms with E-state index in [2.05, 4.69) is 4.42 Å². The summed E-state index contributed by atoms with van der Waals surface area (Å²) in [6.07, 6.45) is -5.28. The van der Waals surface area contributed by atoms with Crippen LogP contribution in [-0.2, 0) is 0 Å². The van der Waals surface area contributed by atoms with Crippen molar-refractivity contribution in [3.63, 3.8) is 0 Å². The Labute approximate surface area is 104 Å². The number of hydrogen-bond acceptors (Lipinski definition) is 4. The number of benzene rings is 1. The van der Waals surface area contributed by atoms with Crippen LogP contribution in [0, 0.1) is 0 Å². The fraction of sp³-hybridized carbons (Fsp3) is 0.0909. The number of aromatic hydroxyl groups is 1. The molecule has 1 N–H and O–H groups in total. The predicted molar refractivity (Wildman–Crippen MR) is 59.9 cm³/mol. The van der Waals surface area contributed by atoms with Gasteiger partial charge in [0.05, 0.1) is 5.39 Å². The molecule has 0 saturated carbocycles. The molecule has 0 saturated heterocycles. The molecule has 2 radical (unpaired) electrons. The van der Waals surface area contributed by atoms with Gasteiger partial charge < -0.3 is 9.52 Å². The summed E-state index contributed by atoms with van der Waals surface area (Å²) in [5.41, 5.74) is -3.03. The first-order valence-electron chi connectivity index (χ1n) is 4.88. The molecular formula is C11H4BF3O4. The minimum atomic E-state index is -5.28. The summed E-state index contributed by atoms with van der Waals surface area (Å²) in [4.78, 5) is 22.4. The zero-order valence-electron chi connectivity index (χ0n) is 9.12. The molecule has 0 amide bonds. The second-order valence-corrected chi connectivity index (χ2v) is 3.70. The number of alkyl halides is 3. The lowest BCUT2D eigenvalue weighted by Gasteiger charge is -2.08. The molecule has 0 fully saturated rings. The van der Waals surface area contributed by atoms with Crippen molar-refractivity contribution in [2.24, 2.45) is 0 Å². The van der Waals surface area contributed by atoms with Gasteiger partial charge in [-0.15, -0.1) is 0 Å². The molecule has 0 aliphatic carbocycles. The highest BCUT2D eigenvalue weighted by molar-refractivity contribution is 6.33. The van der Waals surface area contributed by atoms with Crippen LogP contribution in [0.15, 0.2) is 27.4 Å². The third-order valence-electron chi connectivity index (χ3n) is 2.39. The molecule has 96 valence electrons. The molecule has 2 rings (SSSR count). The highest BCUT2D eigenvalue weighted by Gasteiger charge is 2.43. The van der Waals surface area contributed by atoms with E-state index in [9.17, 15) is 27.9 Å². The molecule has 2 aromatic rings. The van der Waals surface area contributed by atoms with Gasteiger partial charge in [0, 0.05) is 0 Å². The normalized spacial score (nSPS) is 11.7. The molecule has 1 heterocycles. The first kappa shape index (κ1) is 13.2. The van der Waals surface area contributed by atoms with E-state index < -0.39 is 28.9 Å². The fourth-order valence-electron chi connectivity index (χ4n) is 1.54. The van der Waals surface area contributed by atoms with Crippen LogP contribution in [0.5, 0.6) is 5.75 Å². The topological polar surface area (TPSA) is 67.5 Å². The van der Waals surface area contributed by atoms with Gasteiger partial charge in [-0.1, -0.05) is 11.5 Å². The Balaban J connectivity index is 2.81. The quantitative estimate of drug-likeness (QED) is 0.476. The molecule has 8 heteroatoms. The average molecular weight is 268 g/mol. The summed E-state index contributed by atoms with van der Waals surface area (Å²) in [7, 11) is 5.40. The van der Waals surface area contributed by atoms with Crippen LogP contribution in [0.2, 0.25) is 0 Å². The van der Waals surface area contributed by atoms with Gasteiger partial charge in [-0.25, -0.2) is 4.79 Å². The standard InChI is InChI=1S/C11H4BF3O4/c12-4-1-2-5-6(3-4)19-10(18)7(8(5)16)9(17)11(13,14)15/h1-3,16H. The van der Waals surface area contributed by atoms with Gasteiger partial charge in [0.2, 0.25) is 0 Å². The summed E-state index contributed by atoms with van der Waals surface area (Å²) in [6, 6.07) is 3.58. The van der Waals surface area contributed by atoms with Crippen LogP contribution in [0.3, 0.4) is 0 Å². The molecule has 0 unspecified atom stereocenters. The summed E-state index contributed by atoms with van der Waals surface area (Å²) >= 11 is 0. The number of halogens is 3. The Morgan fingerprint density at radius 1 is 1.32 bits per heavy atom. The Hall–Kier alpha value is -2.25. The van der Waals surface area contributed by atoms with E-state index in [0.29, 0.717) is 0 Å². The van der Waals surface area contributed by atoms with Crippen molar-refractivity contribution in [3.8, 4) is 5.75 Å². The molecule has 0 aliphatic rings. The summed E-state index contributed by atoms with van der Waals surface area (Å²) in [5.74, 6) is -3.54. The van der Waals surface area contributed by atoms with E-state index in [1.807, 2.05) is 0 Å². The van der Waals surface area contributed by atoms with E-state index in [-0.39, 0.29) is 16.4 Å². The Kier molecular flexibility index (Phi) is 2.88. The van der Waals surface area contributed by atoms with Crippen molar-refractivity contribution >= 4 is 30.1 Å². The fourth-order valence-corrected chi connectivity index (χ4v) is 1.54. The van der Waals surface area contributed by atoms with Gasteiger partial charge in [0.25, 0.3) is 5.78 Å². The number of carbonyl (C=O) groups excluding carboxylic acids is 1.